The molecule has 0 bridgehead atoms. The fraction of sp³-hybridized carbons (Fsp3) is 0.429. The van der Waals surface area contributed by atoms with Crippen LogP contribution in [-0.2, 0) is 16.0 Å². The molecule has 0 spiro atoms. The van der Waals surface area contributed by atoms with Crippen LogP contribution in [-0.4, -0.2) is 37.2 Å². The lowest BCUT2D eigenvalue weighted by molar-refractivity contribution is -0.136. The number of fused-ring (bicyclic) bond motifs is 1. The normalized spacial score (nSPS) is 13.4. The van der Waals surface area contributed by atoms with Crippen LogP contribution in [0.25, 0.3) is 0 Å². The van der Waals surface area contributed by atoms with Gasteiger partial charge in [0.1, 0.15) is 6.73 Å². The summed E-state index contributed by atoms with van der Waals surface area (Å²) in [7, 11) is 1.65. The summed E-state index contributed by atoms with van der Waals surface area (Å²) in [5.74, 6) is -1.06. The first-order valence-electron chi connectivity index (χ1n) is 6.23. The second-order valence-corrected chi connectivity index (χ2v) is 4.59. The Morgan fingerprint density at radius 1 is 1.37 bits per heavy atom. The Hall–Kier alpha value is -1.88. The van der Waals surface area contributed by atoms with Crippen LogP contribution in [0.5, 0.6) is 0 Å². The molecule has 1 aliphatic heterocycles. The Bertz CT molecular complexity index is 498. The number of methoxy groups -OCH3 is 1. The van der Waals surface area contributed by atoms with E-state index in [9.17, 15) is 9.59 Å². The van der Waals surface area contributed by atoms with E-state index in [4.69, 9.17) is 9.84 Å². The van der Waals surface area contributed by atoms with E-state index in [2.05, 4.69) is 4.90 Å². The average Bonchev–Trinajstić information content (AvgIpc) is 2.79. The number of aliphatic carboxylic acids is 1. The Balaban J connectivity index is 2.10. The molecular weight excluding hydrogens is 246 g/mol. The van der Waals surface area contributed by atoms with Gasteiger partial charge in [-0.2, -0.15) is 0 Å². The highest BCUT2D eigenvalue weighted by Gasteiger charge is 2.20. The van der Waals surface area contributed by atoms with E-state index in [0.29, 0.717) is 12.3 Å². The Morgan fingerprint density at radius 2 is 2.16 bits per heavy atom. The van der Waals surface area contributed by atoms with Gasteiger partial charge in [0.2, 0.25) is 0 Å². The molecule has 102 valence electrons. The fourth-order valence-electron chi connectivity index (χ4n) is 2.30. The molecule has 0 saturated heterocycles. The van der Waals surface area contributed by atoms with Crippen molar-refractivity contribution in [1.82, 2.24) is 0 Å². The minimum absolute atomic E-state index is 0.0515. The third kappa shape index (κ3) is 3.12. The van der Waals surface area contributed by atoms with Gasteiger partial charge in [0, 0.05) is 31.3 Å². The van der Waals surface area contributed by atoms with E-state index in [1.165, 1.54) is 0 Å². The zero-order valence-electron chi connectivity index (χ0n) is 10.9. The lowest BCUT2D eigenvalue weighted by Crippen LogP contribution is -2.22. The molecule has 1 N–H and O–H groups in total. The highest BCUT2D eigenvalue weighted by molar-refractivity contribution is 5.98. The zero-order valence-corrected chi connectivity index (χ0v) is 10.9. The number of carbonyl (C=O) groups is 2. The van der Waals surface area contributed by atoms with Crippen LogP contribution < -0.4 is 4.90 Å². The first-order chi connectivity index (χ1) is 9.11. The quantitative estimate of drug-likeness (QED) is 0.791. The van der Waals surface area contributed by atoms with Gasteiger partial charge in [-0.3, -0.25) is 9.59 Å². The lowest BCUT2D eigenvalue weighted by Gasteiger charge is -2.17. The van der Waals surface area contributed by atoms with Crippen LogP contribution in [0.3, 0.4) is 0 Å². The third-order valence-corrected chi connectivity index (χ3v) is 3.24. The molecule has 0 amide bonds. The molecule has 2 rings (SSSR count). The highest BCUT2D eigenvalue weighted by Crippen LogP contribution is 2.29. The molecule has 0 fully saturated rings. The van der Waals surface area contributed by atoms with E-state index in [1.54, 1.807) is 13.2 Å². The predicted octanol–water partition coefficient (Wildman–Crippen LogP) is 1.70. The van der Waals surface area contributed by atoms with Gasteiger partial charge in [0.05, 0.1) is 6.42 Å². The molecule has 1 heterocycles. The molecule has 0 unspecified atom stereocenters. The van der Waals surface area contributed by atoms with Crippen LogP contribution in [0, 0.1) is 0 Å². The van der Waals surface area contributed by atoms with Crippen molar-refractivity contribution in [2.24, 2.45) is 0 Å². The number of Topliss-reactive ketones (excluding diaryl/α,β-unsaturated/α-hetero) is 1. The third-order valence-electron chi connectivity index (χ3n) is 3.24. The van der Waals surface area contributed by atoms with Crippen LogP contribution in [0.4, 0.5) is 5.69 Å². The van der Waals surface area contributed by atoms with Crippen LogP contribution in [0.2, 0.25) is 0 Å². The van der Waals surface area contributed by atoms with Crippen molar-refractivity contribution in [2.45, 2.75) is 19.3 Å². The highest BCUT2D eigenvalue weighted by atomic mass is 16.5. The minimum Gasteiger partial charge on any atom is -0.481 e. The van der Waals surface area contributed by atoms with Gasteiger partial charge in [-0.25, -0.2) is 0 Å². The lowest BCUT2D eigenvalue weighted by atomic mass is 10.0. The maximum atomic E-state index is 11.9. The van der Waals surface area contributed by atoms with Crippen molar-refractivity contribution in [3.8, 4) is 0 Å². The Morgan fingerprint density at radius 3 is 2.84 bits per heavy atom. The summed E-state index contributed by atoms with van der Waals surface area (Å²) in [5, 5.41) is 8.59. The summed E-state index contributed by atoms with van der Waals surface area (Å²) in [4.78, 5) is 24.4. The number of rotatable bonds is 6. The maximum Gasteiger partial charge on any atom is 0.303 e. The van der Waals surface area contributed by atoms with Crippen molar-refractivity contribution in [3.63, 3.8) is 0 Å². The maximum absolute atomic E-state index is 11.9. The number of carbonyl (C=O) groups excluding carboxylic acids is 1. The van der Waals surface area contributed by atoms with Gasteiger partial charge in [0.15, 0.2) is 5.78 Å². The number of ether oxygens (including phenoxy) is 1. The molecule has 5 nitrogen and oxygen atoms in total. The van der Waals surface area contributed by atoms with Crippen molar-refractivity contribution >= 4 is 17.4 Å². The first kappa shape index (κ1) is 13.5. The fourth-order valence-corrected chi connectivity index (χ4v) is 2.30. The molecule has 19 heavy (non-hydrogen) atoms. The van der Waals surface area contributed by atoms with Gasteiger partial charge in [0.25, 0.3) is 0 Å². The monoisotopic (exact) mass is 263 g/mol. The van der Waals surface area contributed by atoms with Crippen molar-refractivity contribution in [1.29, 1.82) is 0 Å². The number of carboxylic acids is 1. The molecule has 1 aromatic rings. The number of nitrogens with zero attached hydrogens (tertiary/aromatic N) is 1. The minimum atomic E-state index is -0.944. The van der Waals surface area contributed by atoms with Gasteiger partial charge in [-0.1, -0.05) is 0 Å². The molecule has 0 aliphatic carbocycles. The summed E-state index contributed by atoms with van der Waals surface area (Å²) < 4.78 is 5.12. The van der Waals surface area contributed by atoms with Crippen molar-refractivity contribution in [3.05, 3.63) is 29.3 Å². The summed E-state index contributed by atoms with van der Waals surface area (Å²) in [6, 6.07) is 5.54. The summed E-state index contributed by atoms with van der Waals surface area (Å²) in [6.45, 7) is 1.43. The molecule has 1 aromatic carbocycles. The van der Waals surface area contributed by atoms with Gasteiger partial charge < -0.3 is 14.7 Å². The number of anilines is 1. The van der Waals surface area contributed by atoms with Gasteiger partial charge in [-0.15, -0.1) is 0 Å². The molecular formula is C14H17NO4. The second-order valence-electron chi connectivity index (χ2n) is 4.59. The molecule has 0 atom stereocenters. The largest absolute Gasteiger partial charge is 0.481 e. The first-order valence-corrected chi connectivity index (χ1v) is 6.23. The summed E-state index contributed by atoms with van der Waals surface area (Å²) in [5.41, 5.74) is 2.81. The van der Waals surface area contributed by atoms with Crippen LogP contribution >= 0.6 is 0 Å². The molecule has 0 radical (unpaired) electrons. The predicted molar refractivity (Wildman–Crippen MR) is 70.6 cm³/mol. The van der Waals surface area contributed by atoms with Crippen molar-refractivity contribution in [2.75, 3.05) is 25.3 Å². The van der Waals surface area contributed by atoms with E-state index in [0.717, 1.165) is 24.2 Å². The van der Waals surface area contributed by atoms with E-state index in [-0.39, 0.29) is 18.6 Å². The number of ketones is 1. The summed E-state index contributed by atoms with van der Waals surface area (Å²) in [6.07, 6.45) is 0.820. The Labute approximate surface area is 111 Å². The van der Waals surface area contributed by atoms with Gasteiger partial charge >= 0.3 is 5.97 Å². The average molecular weight is 263 g/mol. The van der Waals surface area contributed by atoms with E-state index in [1.807, 2.05) is 12.1 Å². The van der Waals surface area contributed by atoms with Crippen LogP contribution in [0.15, 0.2) is 18.2 Å². The Kier molecular flexibility index (Phi) is 4.16. The van der Waals surface area contributed by atoms with Gasteiger partial charge in [-0.05, 0) is 30.2 Å². The topological polar surface area (TPSA) is 66.8 Å². The molecule has 0 saturated carbocycles. The number of hydrogen-bond acceptors (Lipinski definition) is 4. The number of carboxylic acid groups (broad SMARTS) is 1. The number of hydrogen-bond donors (Lipinski definition) is 1. The van der Waals surface area contributed by atoms with Crippen molar-refractivity contribution < 1.29 is 19.4 Å². The standard InChI is InChI=1S/C14H17NO4/c1-19-9-15-7-6-10-8-11(2-3-12(10)15)13(16)4-5-14(17)18/h2-3,8H,4-7,9H2,1H3,(H,17,18). The SMILES string of the molecule is COCN1CCc2cc(C(=O)CCC(=O)O)ccc21. The number of benzene rings is 1. The molecule has 5 heteroatoms. The van der Waals surface area contributed by atoms with E-state index < -0.39 is 5.97 Å². The summed E-state index contributed by atoms with van der Waals surface area (Å²) >= 11 is 0. The zero-order chi connectivity index (χ0) is 13.8. The van der Waals surface area contributed by atoms with Crippen LogP contribution in [0.1, 0.15) is 28.8 Å². The van der Waals surface area contributed by atoms with E-state index >= 15 is 0 Å². The molecule has 0 aromatic heterocycles. The smallest absolute Gasteiger partial charge is 0.303 e. The second kappa shape index (κ2) is 5.84. The molecule has 1 aliphatic rings.